The van der Waals surface area contributed by atoms with Crippen LogP contribution in [0.2, 0.25) is 0 Å². The Balaban J connectivity index is 1.65. The molecule has 0 amide bonds. The molecule has 1 aliphatic carbocycles. The van der Waals surface area contributed by atoms with Crippen molar-refractivity contribution in [2.75, 3.05) is 11.5 Å². The molecular formula is C14H23N3OS. The lowest BCUT2D eigenvalue weighted by Gasteiger charge is -2.29. The molecule has 0 unspecified atom stereocenters. The maximum absolute atomic E-state index is 6.44. The number of thioether (sulfide) groups is 1. The van der Waals surface area contributed by atoms with Gasteiger partial charge in [0.15, 0.2) is 5.82 Å². The van der Waals surface area contributed by atoms with Gasteiger partial charge in [-0.2, -0.15) is 16.7 Å². The van der Waals surface area contributed by atoms with Crippen LogP contribution in [0.5, 0.6) is 0 Å². The van der Waals surface area contributed by atoms with Gasteiger partial charge in [-0.15, -0.1) is 0 Å². The van der Waals surface area contributed by atoms with Gasteiger partial charge in [-0.05, 0) is 43.1 Å². The first kappa shape index (κ1) is 13.4. The van der Waals surface area contributed by atoms with Crippen LogP contribution in [0.15, 0.2) is 4.52 Å². The van der Waals surface area contributed by atoms with Crippen LogP contribution in [-0.2, 0) is 12.0 Å². The van der Waals surface area contributed by atoms with Gasteiger partial charge in [0, 0.05) is 6.42 Å². The van der Waals surface area contributed by atoms with Crippen LogP contribution in [0, 0.1) is 5.92 Å². The summed E-state index contributed by atoms with van der Waals surface area (Å²) in [6.07, 6.45) is 9.11. The van der Waals surface area contributed by atoms with Crippen molar-refractivity contribution in [2.24, 2.45) is 11.7 Å². The van der Waals surface area contributed by atoms with Gasteiger partial charge in [-0.3, -0.25) is 0 Å². The van der Waals surface area contributed by atoms with Crippen LogP contribution < -0.4 is 5.73 Å². The average molecular weight is 281 g/mol. The molecule has 1 saturated carbocycles. The third-order valence-corrected chi connectivity index (χ3v) is 5.51. The zero-order valence-corrected chi connectivity index (χ0v) is 12.3. The third kappa shape index (κ3) is 3.14. The Hall–Kier alpha value is -0.550. The summed E-state index contributed by atoms with van der Waals surface area (Å²) in [5.74, 6) is 4.79. The SMILES string of the molecule is NC1(c2noc(CC3CCSCC3)n2)CCCCC1. The van der Waals surface area contributed by atoms with E-state index in [-0.39, 0.29) is 5.54 Å². The molecule has 106 valence electrons. The number of hydrogen-bond donors (Lipinski definition) is 1. The van der Waals surface area contributed by atoms with E-state index >= 15 is 0 Å². The number of nitrogens with two attached hydrogens (primary N) is 1. The van der Waals surface area contributed by atoms with Gasteiger partial charge in [0.25, 0.3) is 0 Å². The Kier molecular flexibility index (Phi) is 4.12. The van der Waals surface area contributed by atoms with Crippen LogP contribution in [0.3, 0.4) is 0 Å². The van der Waals surface area contributed by atoms with Gasteiger partial charge in [0.1, 0.15) is 0 Å². The fourth-order valence-corrected chi connectivity index (χ4v) is 4.35. The second kappa shape index (κ2) is 5.83. The Morgan fingerprint density at radius 3 is 2.68 bits per heavy atom. The first-order valence-corrected chi connectivity index (χ1v) is 8.61. The minimum absolute atomic E-state index is 0.331. The van der Waals surface area contributed by atoms with Crippen LogP contribution in [0.25, 0.3) is 0 Å². The van der Waals surface area contributed by atoms with Crippen LogP contribution in [0.1, 0.15) is 56.7 Å². The first-order chi connectivity index (χ1) is 9.26. The lowest BCUT2D eigenvalue weighted by atomic mass is 9.82. The maximum Gasteiger partial charge on any atom is 0.226 e. The van der Waals surface area contributed by atoms with E-state index < -0.39 is 0 Å². The van der Waals surface area contributed by atoms with Gasteiger partial charge < -0.3 is 10.3 Å². The minimum atomic E-state index is -0.331. The number of nitrogens with zero attached hydrogens (tertiary/aromatic N) is 2. The smallest absolute Gasteiger partial charge is 0.226 e. The van der Waals surface area contributed by atoms with Crippen molar-refractivity contribution < 1.29 is 4.52 Å². The van der Waals surface area contributed by atoms with E-state index in [0.29, 0.717) is 0 Å². The largest absolute Gasteiger partial charge is 0.339 e. The fraction of sp³-hybridized carbons (Fsp3) is 0.857. The second-order valence-electron chi connectivity index (χ2n) is 5.99. The molecule has 5 heteroatoms. The fourth-order valence-electron chi connectivity index (χ4n) is 3.14. The van der Waals surface area contributed by atoms with E-state index in [2.05, 4.69) is 10.1 Å². The lowest BCUT2D eigenvalue weighted by molar-refractivity contribution is 0.272. The van der Waals surface area contributed by atoms with Crippen LogP contribution in [0.4, 0.5) is 0 Å². The molecule has 1 aromatic rings. The predicted molar refractivity (Wildman–Crippen MR) is 77.0 cm³/mol. The molecule has 2 heterocycles. The molecule has 4 nitrogen and oxygen atoms in total. The molecule has 3 rings (SSSR count). The van der Waals surface area contributed by atoms with Crippen molar-refractivity contribution in [1.29, 1.82) is 0 Å². The van der Waals surface area contributed by atoms with Crippen molar-refractivity contribution in [3.8, 4) is 0 Å². The average Bonchev–Trinajstić information content (AvgIpc) is 2.90. The monoisotopic (exact) mass is 281 g/mol. The molecule has 2 fully saturated rings. The topological polar surface area (TPSA) is 64.9 Å². The van der Waals surface area contributed by atoms with Crippen molar-refractivity contribution in [1.82, 2.24) is 10.1 Å². The van der Waals surface area contributed by atoms with Crippen molar-refractivity contribution in [3.63, 3.8) is 0 Å². The molecule has 1 aliphatic heterocycles. The van der Waals surface area contributed by atoms with Crippen LogP contribution in [-0.4, -0.2) is 21.6 Å². The van der Waals surface area contributed by atoms with Gasteiger partial charge in [-0.25, -0.2) is 0 Å². The van der Waals surface area contributed by atoms with Gasteiger partial charge in [0.2, 0.25) is 5.89 Å². The Bertz CT molecular complexity index is 409. The second-order valence-corrected chi connectivity index (χ2v) is 7.21. The molecule has 0 spiro atoms. The number of aromatic nitrogens is 2. The molecule has 19 heavy (non-hydrogen) atoms. The highest BCUT2D eigenvalue weighted by molar-refractivity contribution is 7.99. The van der Waals surface area contributed by atoms with Gasteiger partial charge in [-0.1, -0.05) is 24.4 Å². The highest BCUT2D eigenvalue weighted by Gasteiger charge is 2.34. The molecular weight excluding hydrogens is 258 g/mol. The van der Waals surface area contributed by atoms with E-state index in [1.807, 2.05) is 11.8 Å². The van der Waals surface area contributed by atoms with Crippen LogP contribution >= 0.6 is 11.8 Å². The van der Waals surface area contributed by atoms with Crippen molar-refractivity contribution in [3.05, 3.63) is 11.7 Å². The zero-order chi connectivity index (χ0) is 13.1. The quantitative estimate of drug-likeness (QED) is 0.923. The molecule has 1 saturated heterocycles. The summed E-state index contributed by atoms with van der Waals surface area (Å²) >= 11 is 2.05. The van der Waals surface area contributed by atoms with E-state index in [1.165, 1.54) is 43.6 Å². The molecule has 2 N–H and O–H groups in total. The molecule has 0 aromatic carbocycles. The van der Waals surface area contributed by atoms with Crippen molar-refractivity contribution >= 4 is 11.8 Å². The van der Waals surface area contributed by atoms with E-state index in [1.54, 1.807) is 0 Å². The molecule has 0 radical (unpaired) electrons. The molecule has 0 bridgehead atoms. The standard InChI is InChI=1S/C14H23N3OS/c15-14(6-2-1-3-7-14)13-16-12(18-17-13)10-11-4-8-19-9-5-11/h11H,1-10,15H2. The summed E-state index contributed by atoms with van der Waals surface area (Å²) in [5.41, 5.74) is 6.11. The Labute approximate surface area is 118 Å². The van der Waals surface area contributed by atoms with E-state index in [0.717, 1.165) is 36.9 Å². The predicted octanol–water partition coefficient (Wildman–Crippen LogP) is 2.87. The first-order valence-electron chi connectivity index (χ1n) is 7.46. The normalized spacial score (nSPS) is 24.5. The highest BCUT2D eigenvalue weighted by Crippen LogP contribution is 2.33. The Morgan fingerprint density at radius 1 is 1.21 bits per heavy atom. The van der Waals surface area contributed by atoms with E-state index in [9.17, 15) is 0 Å². The summed E-state index contributed by atoms with van der Waals surface area (Å²) in [6.45, 7) is 0. The number of rotatable bonds is 3. The third-order valence-electron chi connectivity index (χ3n) is 4.46. The van der Waals surface area contributed by atoms with Gasteiger partial charge in [0.05, 0.1) is 5.54 Å². The van der Waals surface area contributed by atoms with Gasteiger partial charge >= 0.3 is 0 Å². The number of hydrogen-bond acceptors (Lipinski definition) is 5. The Morgan fingerprint density at radius 2 is 1.95 bits per heavy atom. The summed E-state index contributed by atoms with van der Waals surface area (Å²) in [7, 11) is 0. The molecule has 2 aliphatic rings. The summed E-state index contributed by atoms with van der Waals surface area (Å²) in [5, 5.41) is 4.16. The molecule has 1 aromatic heterocycles. The van der Waals surface area contributed by atoms with Crippen molar-refractivity contribution in [2.45, 2.75) is 56.9 Å². The summed E-state index contributed by atoms with van der Waals surface area (Å²) in [4.78, 5) is 4.59. The molecule has 0 atom stereocenters. The lowest BCUT2D eigenvalue weighted by Crippen LogP contribution is -2.39. The maximum atomic E-state index is 6.44. The van der Waals surface area contributed by atoms with E-state index in [4.69, 9.17) is 10.3 Å². The summed E-state index contributed by atoms with van der Waals surface area (Å²) in [6, 6.07) is 0. The zero-order valence-electron chi connectivity index (χ0n) is 11.4. The summed E-state index contributed by atoms with van der Waals surface area (Å²) < 4.78 is 5.44. The highest BCUT2D eigenvalue weighted by atomic mass is 32.2. The minimum Gasteiger partial charge on any atom is -0.339 e.